The molecule has 0 aliphatic carbocycles. The van der Waals surface area contributed by atoms with Crippen LogP contribution in [0, 0.1) is 17.3 Å². The number of carbonyl (C=O) groups is 1. The smallest absolute Gasteiger partial charge is 0.208 e. The molecule has 0 aliphatic rings. The van der Waals surface area contributed by atoms with Crippen molar-refractivity contribution in [2.24, 2.45) is 0 Å². The topological polar surface area (TPSA) is 80.8 Å². The fourth-order valence-corrected chi connectivity index (χ4v) is 2.38. The Labute approximate surface area is 143 Å². The molecule has 0 amide bonds. The van der Waals surface area contributed by atoms with E-state index in [9.17, 15) is 14.4 Å². The molecule has 1 aromatic heterocycles. The second-order valence-corrected chi connectivity index (χ2v) is 5.25. The van der Waals surface area contributed by atoms with Gasteiger partial charge in [-0.05, 0) is 23.8 Å². The third-order valence-corrected chi connectivity index (χ3v) is 3.62. The second kappa shape index (κ2) is 7.36. The minimum atomic E-state index is -0.519. The molecule has 0 aliphatic heterocycles. The van der Waals surface area contributed by atoms with Crippen molar-refractivity contribution in [2.45, 2.75) is 13.0 Å². The van der Waals surface area contributed by atoms with Gasteiger partial charge >= 0.3 is 0 Å². The zero-order valence-electron chi connectivity index (χ0n) is 13.1. The first-order valence-corrected chi connectivity index (χ1v) is 7.46. The Bertz CT molecular complexity index is 932. The van der Waals surface area contributed by atoms with Crippen LogP contribution in [0.15, 0.2) is 48.5 Å². The zero-order chi connectivity index (χ0) is 17.6. The van der Waals surface area contributed by atoms with Gasteiger partial charge in [0.2, 0.25) is 6.19 Å². The van der Waals surface area contributed by atoms with Crippen LogP contribution in [0.5, 0.6) is 5.75 Å². The predicted molar refractivity (Wildman–Crippen MR) is 86.4 cm³/mol. The van der Waals surface area contributed by atoms with Crippen LogP contribution in [0.4, 0.5) is 4.39 Å². The summed E-state index contributed by atoms with van der Waals surface area (Å²) in [6.07, 6.45) is 2.93. The van der Waals surface area contributed by atoms with E-state index in [-0.39, 0.29) is 17.9 Å². The van der Waals surface area contributed by atoms with Crippen molar-refractivity contribution in [3.63, 3.8) is 0 Å². The maximum atomic E-state index is 13.2. The summed E-state index contributed by atoms with van der Waals surface area (Å²) in [6, 6.07) is 13.3. The van der Waals surface area contributed by atoms with Crippen LogP contribution in [0.25, 0.3) is 0 Å². The number of hydrogen-bond donors (Lipinski definition) is 0. The summed E-state index contributed by atoms with van der Waals surface area (Å²) in [5.74, 6) is -0.275. The van der Waals surface area contributed by atoms with Crippen LogP contribution in [0.3, 0.4) is 0 Å². The van der Waals surface area contributed by atoms with Crippen LogP contribution < -0.4 is 4.74 Å². The zero-order valence-corrected chi connectivity index (χ0v) is 13.1. The van der Waals surface area contributed by atoms with E-state index >= 15 is 0 Å². The average molecular weight is 336 g/mol. The summed E-state index contributed by atoms with van der Waals surface area (Å²) in [6.45, 7) is 0.0102. The van der Waals surface area contributed by atoms with Crippen molar-refractivity contribution in [3.8, 4) is 11.9 Å². The lowest BCUT2D eigenvalue weighted by atomic mass is 10.1. The first kappa shape index (κ1) is 16.3. The lowest BCUT2D eigenvalue weighted by molar-refractivity contribution is 0.111. The van der Waals surface area contributed by atoms with Gasteiger partial charge in [0.05, 0.1) is 11.3 Å². The van der Waals surface area contributed by atoms with Gasteiger partial charge in [-0.15, -0.1) is 9.78 Å². The normalized spacial score (nSPS) is 10.2. The largest absolute Gasteiger partial charge is 0.486 e. The monoisotopic (exact) mass is 336 g/mol. The maximum absolute atomic E-state index is 13.2. The van der Waals surface area contributed by atoms with E-state index in [4.69, 9.17) is 4.74 Å². The van der Waals surface area contributed by atoms with Gasteiger partial charge in [-0.1, -0.05) is 35.5 Å². The molecular weight excluding hydrogens is 323 g/mol. The SMILES string of the molecule is N#Cn1nnc(COc2ccc(F)cc2C=O)c1Cc1ccccc1. The van der Waals surface area contributed by atoms with Crippen LogP contribution >= 0.6 is 0 Å². The molecule has 3 aromatic rings. The number of hydrogen-bond acceptors (Lipinski definition) is 5. The summed E-state index contributed by atoms with van der Waals surface area (Å²) >= 11 is 0. The third kappa shape index (κ3) is 3.70. The molecule has 0 saturated heterocycles. The number of rotatable bonds is 6. The molecule has 25 heavy (non-hydrogen) atoms. The number of nitrogens with zero attached hydrogens (tertiary/aromatic N) is 4. The molecule has 124 valence electrons. The minimum Gasteiger partial charge on any atom is -0.486 e. The van der Waals surface area contributed by atoms with Crippen LogP contribution in [-0.2, 0) is 13.0 Å². The van der Waals surface area contributed by atoms with E-state index in [0.717, 1.165) is 16.3 Å². The molecule has 3 rings (SSSR count). The highest BCUT2D eigenvalue weighted by atomic mass is 19.1. The van der Waals surface area contributed by atoms with Gasteiger partial charge in [0, 0.05) is 6.42 Å². The molecule has 7 heteroatoms. The molecule has 0 N–H and O–H groups in total. The maximum Gasteiger partial charge on any atom is 0.208 e. The second-order valence-electron chi connectivity index (χ2n) is 5.25. The van der Waals surface area contributed by atoms with E-state index in [1.807, 2.05) is 36.5 Å². The number of aromatic nitrogens is 3. The van der Waals surface area contributed by atoms with Gasteiger partial charge in [0.25, 0.3) is 0 Å². The van der Waals surface area contributed by atoms with E-state index in [2.05, 4.69) is 10.3 Å². The Balaban J connectivity index is 1.83. The molecule has 0 saturated carbocycles. The average Bonchev–Trinajstić information content (AvgIpc) is 3.03. The molecule has 0 unspecified atom stereocenters. The number of carbonyl (C=O) groups excluding carboxylic acids is 1. The van der Waals surface area contributed by atoms with Crippen LogP contribution in [0.1, 0.15) is 27.3 Å². The van der Waals surface area contributed by atoms with Gasteiger partial charge in [0.1, 0.15) is 23.9 Å². The lowest BCUT2D eigenvalue weighted by Gasteiger charge is -2.08. The van der Waals surface area contributed by atoms with Crippen LogP contribution in [-0.4, -0.2) is 21.3 Å². The number of ether oxygens (including phenoxy) is 1. The van der Waals surface area contributed by atoms with E-state index in [0.29, 0.717) is 24.1 Å². The quantitative estimate of drug-likeness (QED) is 0.647. The van der Waals surface area contributed by atoms with Crippen molar-refractivity contribution < 1.29 is 13.9 Å². The van der Waals surface area contributed by atoms with E-state index in [1.54, 1.807) is 0 Å². The lowest BCUT2D eigenvalue weighted by Crippen LogP contribution is -2.05. The van der Waals surface area contributed by atoms with Gasteiger partial charge in [-0.2, -0.15) is 5.26 Å². The first-order valence-electron chi connectivity index (χ1n) is 7.46. The Kier molecular flexibility index (Phi) is 4.81. The highest BCUT2D eigenvalue weighted by molar-refractivity contribution is 5.79. The van der Waals surface area contributed by atoms with Gasteiger partial charge < -0.3 is 4.74 Å². The molecule has 0 spiro atoms. The molecule has 0 bridgehead atoms. The van der Waals surface area contributed by atoms with Crippen LogP contribution in [0.2, 0.25) is 0 Å². The number of benzene rings is 2. The van der Waals surface area contributed by atoms with Crippen molar-refractivity contribution >= 4 is 6.29 Å². The van der Waals surface area contributed by atoms with Crippen molar-refractivity contribution in [2.75, 3.05) is 0 Å². The fraction of sp³-hybridized carbons (Fsp3) is 0.111. The number of aldehydes is 1. The van der Waals surface area contributed by atoms with E-state index in [1.165, 1.54) is 12.1 Å². The summed E-state index contributed by atoms with van der Waals surface area (Å²) in [5, 5.41) is 17.0. The predicted octanol–water partition coefficient (Wildman–Crippen LogP) is 2.73. The molecule has 0 fully saturated rings. The molecule has 0 radical (unpaired) electrons. The standard InChI is InChI=1S/C18H13FN4O2/c19-15-6-7-18(14(9-15)10-24)25-11-16-17(23(12-20)22-21-16)8-13-4-2-1-3-5-13/h1-7,9-10H,8,11H2. The van der Waals surface area contributed by atoms with Gasteiger partial charge in [-0.3, -0.25) is 4.79 Å². The van der Waals surface area contributed by atoms with Crippen molar-refractivity contribution in [1.82, 2.24) is 15.0 Å². The van der Waals surface area contributed by atoms with Gasteiger partial charge in [0.15, 0.2) is 6.29 Å². The Morgan fingerprint density at radius 2 is 2.04 bits per heavy atom. The molecule has 2 aromatic carbocycles. The molecule has 0 atom stereocenters. The number of nitriles is 1. The Morgan fingerprint density at radius 3 is 2.76 bits per heavy atom. The molecule has 1 heterocycles. The van der Waals surface area contributed by atoms with Crippen molar-refractivity contribution in [1.29, 1.82) is 5.26 Å². The summed E-state index contributed by atoms with van der Waals surface area (Å²) in [7, 11) is 0. The summed E-state index contributed by atoms with van der Waals surface area (Å²) < 4.78 is 19.9. The molecular formula is C18H13FN4O2. The Hall–Kier alpha value is -3.53. The van der Waals surface area contributed by atoms with Crippen molar-refractivity contribution in [3.05, 3.63) is 76.9 Å². The first-order chi connectivity index (χ1) is 12.2. The highest BCUT2D eigenvalue weighted by Crippen LogP contribution is 2.20. The number of halogens is 1. The summed E-state index contributed by atoms with van der Waals surface area (Å²) in [5.41, 5.74) is 2.19. The third-order valence-electron chi connectivity index (χ3n) is 3.62. The highest BCUT2D eigenvalue weighted by Gasteiger charge is 2.15. The molecule has 6 nitrogen and oxygen atoms in total. The summed E-state index contributed by atoms with van der Waals surface area (Å²) in [4.78, 5) is 11.0. The fourth-order valence-electron chi connectivity index (χ4n) is 2.38. The van der Waals surface area contributed by atoms with E-state index < -0.39 is 5.82 Å². The minimum absolute atomic E-state index is 0.0102. The Morgan fingerprint density at radius 1 is 1.24 bits per heavy atom. The van der Waals surface area contributed by atoms with Gasteiger partial charge in [-0.25, -0.2) is 4.39 Å².